The molecule has 2 aromatic carbocycles. The predicted octanol–water partition coefficient (Wildman–Crippen LogP) is 3.00. The Morgan fingerprint density at radius 3 is 2.42 bits per heavy atom. The molecule has 31 heavy (non-hydrogen) atoms. The highest BCUT2D eigenvalue weighted by molar-refractivity contribution is 7.89. The van der Waals surface area contributed by atoms with Gasteiger partial charge in [-0.05, 0) is 37.1 Å². The number of amides is 1. The van der Waals surface area contributed by atoms with Crippen molar-refractivity contribution in [2.45, 2.75) is 30.6 Å². The lowest BCUT2D eigenvalue weighted by Crippen LogP contribution is -2.32. The van der Waals surface area contributed by atoms with E-state index in [9.17, 15) is 23.3 Å². The molecule has 1 saturated heterocycles. The molecule has 0 aliphatic carbocycles. The first-order valence-corrected chi connectivity index (χ1v) is 11.7. The van der Waals surface area contributed by atoms with Crippen LogP contribution in [-0.2, 0) is 10.0 Å². The topological polar surface area (TPSA) is 122 Å². The van der Waals surface area contributed by atoms with Crippen LogP contribution in [0.15, 0.2) is 53.4 Å². The van der Waals surface area contributed by atoms with Gasteiger partial charge in [0.1, 0.15) is 5.69 Å². The predicted molar refractivity (Wildman–Crippen MR) is 118 cm³/mol. The maximum Gasteiger partial charge on any atom is 0.292 e. The summed E-state index contributed by atoms with van der Waals surface area (Å²) in [6, 6.07) is 12.3. The first kappa shape index (κ1) is 22.7. The third-order valence-electron chi connectivity index (χ3n) is 5.13. The monoisotopic (exact) mass is 446 g/mol. The van der Waals surface area contributed by atoms with Crippen LogP contribution in [0.2, 0.25) is 0 Å². The maximum atomic E-state index is 12.9. The number of para-hydroxylation sites is 2. The van der Waals surface area contributed by atoms with Gasteiger partial charge < -0.3 is 10.6 Å². The van der Waals surface area contributed by atoms with E-state index in [1.54, 1.807) is 30.3 Å². The van der Waals surface area contributed by atoms with Gasteiger partial charge in [0.2, 0.25) is 10.0 Å². The Morgan fingerprint density at radius 1 is 1.00 bits per heavy atom. The van der Waals surface area contributed by atoms with Gasteiger partial charge in [-0.2, -0.15) is 4.31 Å². The lowest BCUT2D eigenvalue weighted by molar-refractivity contribution is -0.384. The molecule has 10 heteroatoms. The number of nitro benzene ring substituents is 1. The second-order valence-electron chi connectivity index (χ2n) is 7.30. The van der Waals surface area contributed by atoms with Crippen molar-refractivity contribution in [3.63, 3.8) is 0 Å². The van der Waals surface area contributed by atoms with Crippen molar-refractivity contribution >= 4 is 27.3 Å². The SMILES string of the molecule is O=C(NCCNc1ccccc1[N+](=O)[O-])c1cccc(S(=O)(=O)N2CCCCCC2)c1. The van der Waals surface area contributed by atoms with Gasteiger partial charge in [-0.15, -0.1) is 0 Å². The number of nitrogens with one attached hydrogen (secondary N) is 2. The van der Waals surface area contributed by atoms with Crippen LogP contribution in [-0.4, -0.2) is 49.7 Å². The standard InChI is InChI=1S/C21H26N4O5S/c26-21(23-13-12-22-19-10-3-4-11-20(19)25(27)28)17-8-7-9-18(16-17)31(29,30)24-14-5-1-2-6-15-24/h3-4,7-11,16,22H,1-2,5-6,12-15H2,(H,23,26). The summed E-state index contributed by atoms with van der Waals surface area (Å²) in [4.78, 5) is 23.2. The molecule has 0 spiro atoms. The molecular formula is C21H26N4O5S. The van der Waals surface area contributed by atoms with E-state index in [4.69, 9.17) is 0 Å². The average Bonchev–Trinajstić information content (AvgIpc) is 3.07. The molecule has 0 saturated carbocycles. The van der Waals surface area contributed by atoms with E-state index in [-0.39, 0.29) is 29.2 Å². The summed E-state index contributed by atoms with van der Waals surface area (Å²) < 4.78 is 27.4. The molecule has 0 radical (unpaired) electrons. The number of carbonyl (C=O) groups excluding carboxylic acids is 1. The third-order valence-corrected chi connectivity index (χ3v) is 7.02. The van der Waals surface area contributed by atoms with Crippen LogP contribution in [0.4, 0.5) is 11.4 Å². The minimum Gasteiger partial charge on any atom is -0.378 e. The highest BCUT2D eigenvalue weighted by atomic mass is 32.2. The Labute approximate surface area is 181 Å². The molecule has 0 aromatic heterocycles. The van der Waals surface area contributed by atoms with Crippen molar-refractivity contribution in [2.75, 3.05) is 31.5 Å². The third kappa shape index (κ3) is 5.80. The number of rotatable bonds is 8. The zero-order valence-corrected chi connectivity index (χ0v) is 17.9. The smallest absolute Gasteiger partial charge is 0.292 e. The molecule has 2 aromatic rings. The molecule has 1 amide bonds. The number of hydrogen-bond acceptors (Lipinski definition) is 6. The number of carbonyl (C=O) groups is 1. The van der Waals surface area contributed by atoms with Crippen LogP contribution in [0, 0.1) is 10.1 Å². The Bertz CT molecular complexity index is 1030. The normalized spacial score (nSPS) is 15.1. The second kappa shape index (κ2) is 10.4. The van der Waals surface area contributed by atoms with Crippen molar-refractivity contribution in [1.29, 1.82) is 0 Å². The summed E-state index contributed by atoms with van der Waals surface area (Å²) >= 11 is 0. The Hall–Kier alpha value is -2.98. The Morgan fingerprint density at radius 2 is 1.71 bits per heavy atom. The fourth-order valence-electron chi connectivity index (χ4n) is 3.49. The highest BCUT2D eigenvalue weighted by Crippen LogP contribution is 2.23. The minimum atomic E-state index is -3.64. The molecule has 0 bridgehead atoms. The van der Waals surface area contributed by atoms with Crippen molar-refractivity contribution in [1.82, 2.24) is 9.62 Å². The summed E-state index contributed by atoms with van der Waals surface area (Å²) in [7, 11) is -3.64. The van der Waals surface area contributed by atoms with E-state index in [1.165, 1.54) is 22.5 Å². The fourth-order valence-corrected chi connectivity index (χ4v) is 5.05. The number of nitro groups is 1. The van der Waals surface area contributed by atoms with Gasteiger partial charge in [0, 0.05) is 37.8 Å². The molecule has 9 nitrogen and oxygen atoms in total. The van der Waals surface area contributed by atoms with Gasteiger partial charge >= 0.3 is 0 Å². The molecule has 1 aliphatic rings. The zero-order chi connectivity index (χ0) is 22.3. The van der Waals surface area contributed by atoms with E-state index in [0.29, 0.717) is 18.8 Å². The second-order valence-corrected chi connectivity index (χ2v) is 9.24. The summed E-state index contributed by atoms with van der Waals surface area (Å²) in [5.41, 5.74) is 0.578. The summed E-state index contributed by atoms with van der Waals surface area (Å²) in [5.74, 6) is -0.405. The van der Waals surface area contributed by atoms with Gasteiger partial charge in [-0.25, -0.2) is 8.42 Å². The molecule has 1 aliphatic heterocycles. The molecule has 166 valence electrons. The summed E-state index contributed by atoms with van der Waals surface area (Å²) in [6.07, 6.45) is 3.72. The van der Waals surface area contributed by atoms with Crippen LogP contribution >= 0.6 is 0 Å². The number of hydrogen-bond donors (Lipinski definition) is 2. The first-order chi connectivity index (χ1) is 14.9. The lowest BCUT2D eigenvalue weighted by atomic mass is 10.2. The van der Waals surface area contributed by atoms with Gasteiger partial charge in [0.15, 0.2) is 0 Å². The Kier molecular flexibility index (Phi) is 7.59. The largest absolute Gasteiger partial charge is 0.378 e. The van der Waals surface area contributed by atoms with Crippen molar-refractivity contribution < 1.29 is 18.1 Å². The quantitative estimate of drug-likeness (QED) is 0.365. The van der Waals surface area contributed by atoms with Gasteiger partial charge in [-0.3, -0.25) is 14.9 Å². The number of sulfonamides is 1. The van der Waals surface area contributed by atoms with Crippen LogP contribution in [0.5, 0.6) is 0 Å². The zero-order valence-electron chi connectivity index (χ0n) is 17.1. The summed E-state index contributed by atoms with van der Waals surface area (Å²) in [5, 5.41) is 16.7. The van der Waals surface area contributed by atoms with Crippen molar-refractivity contribution in [3.8, 4) is 0 Å². The first-order valence-electron chi connectivity index (χ1n) is 10.3. The van der Waals surface area contributed by atoms with E-state index in [0.717, 1.165) is 25.7 Å². The minimum absolute atomic E-state index is 0.0414. The van der Waals surface area contributed by atoms with E-state index in [2.05, 4.69) is 10.6 Å². The summed E-state index contributed by atoms with van der Waals surface area (Å²) in [6.45, 7) is 1.49. The molecule has 0 unspecified atom stereocenters. The molecule has 2 N–H and O–H groups in total. The van der Waals surface area contributed by atoms with Crippen LogP contribution < -0.4 is 10.6 Å². The number of nitrogens with zero attached hydrogens (tertiary/aromatic N) is 2. The van der Waals surface area contributed by atoms with Gasteiger partial charge in [0.25, 0.3) is 11.6 Å². The van der Waals surface area contributed by atoms with Crippen LogP contribution in [0.3, 0.4) is 0 Å². The van der Waals surface area contributed by atoms with Crippen LogP contribution in [0.1, 0.15) is 36.0 Å². The molecule has 3 rings (SSSR count). The van der Waals surface area contributed by atoms with Crippen LogP contribution in [0.25, 0.3) is 0 Å². The molecule has 1 heterocycles. The Balaban J connectivity index is 1.60. The maximum absolute atomic E-state index is 12.9. The molecule has 1 fully saturated rings. The van der Waals surface area contributed by atoms with E-state index in [1.807, 2.05) is 0 Å². The number of benzene rings is 2. The van der Waals surface area contributed by atoms with Gasteiger partial charge in [0.05, 0.1) is 9.82 Å². The molecular weight excluding hydrogens is 420 g/mol. The highest BCUT2D eigenvalue weighted by Gasteiger charge is 2.25. The van der Waals surface area contributed by atoms with Crippen molar-refractivity contribution in [3.05, 3.63) is 64.2 Å². The van der Waals surface area contributed by atoms with Crippen molar-refractivity contribution in [2.24, 2.45) is 0 Å². The average molecular weight is 447 g/mol. The lowest BCUT2D eigenvalue weighted by Gasteiger charge is -2.20. The molecule has 0 atom stereocenters. The van der Waals surface area contributed by atoms with Gasteiger partial charge in [-0.1, -0.05) is 31.0 Å². The fraction of sp³-hybridized carbons (Fsp3) is 0.381. The number of anilines is 1. The van der Waals surface area contributed by atoms with E-state index >= 15 is 0 Å². The van der Waals surface area contributed by atoms with E-state index < -0.39 is 20.9 Å².